The van der Waals surface area contributed by atoms with Gasteiger partial charge in [0, 0.05) is 57.5 Å². The molecule has 0 aromatic heterocycles. The zero-order valence-corrected chi connectivity index (χ0v) is 14.5. The molecule has 0 radical (unpaired) electrons. The number of carbonyl (C=O) groups is 2. The van der Waals surface area contributed by atoms with Gasteiger partial charge in [0.1, 0.15) is 0 Å². The van der Waals surface area contributed by atoms with Crippen molar-refractivity contribution in [3.63, 3.8) is 0 Å². The summed E-state index contributed by atoms with van der Waals surface area (Å²) in [5.74, 6) is -0.124. The maximum Gasteiger partial charge on any atom is 0.225 e. The molecule has 126 valence electrons. The first-order chi connectivity index (χ1) is 10.0. The average Bonchev–Trinajstić information content (AvgIpc) is 2.57. The first-order valence-corrected chi connectivity index (χ1v) is 9.37. The number of sulfonamides is 1. The van der Waals surface area contributed by atoms with Crippen LogP contribution in [0.3, 0.4) is 0 Å². The Hall–Kier alpha value is -1.15. The zero-order chi connectivity index (χ0) is 16.7. The van der Waals surface area contributed by atoms with Crippen molar-refractivity contribution in [2.24, 2.45) is 11.3 Å². The van der Waals surface area contributed by atoms with Crippen LogP contribution in [-0.2, 0) is 19.6 Å². The van der Waals surface area contributed by atoms with Crippen molar-refractivity contribution in [3.8, 4) is 0 Å². The third-order valence-corrected chi connectivity index (χ3v) is 5.71. The highest BCUT2D eigenvalue weighted by molar-refractivity contribution is 7.88. The molecule has 0 N–H and O–H groups in total. The quantitative estimate of drug-likeness (QED) is 0.689. The summed E-state index contributed by atoms with van der Waals surface area (Å²) in [7, 11) is -1.63. The van der Waals surface area contributed by atoms with Gasteiger partial charge in [-0.1, -0.05) is 13.8 Å². The molecule has 0 unspecified atom stereocenters. The standard InChI is InChI=1S/C14H25N3O4S/c1-11(2)13(19)16-5-6-17(22(4,20)21)10-14(9-16)7-12(18)15(3)8-14/h11H,5-10H2,1-4H3/t14-/m0/s1. The normalized spacial score (nSPS) is 27.8. The Balaban J connectivity index is 2.32. The van der Waals surface area contributed by atoms with Crippen LogP contribution in [0.15, 0.2) is 0 Å². The minimum atomic E-state index is -3.35. The second-order valence-corrected chi connectivity index (χ2v) is 8.92. The molecule has 2 fully saturated rings. The van der Waals surface area contributed by atoms with E-state index < -0.39 is 15.4 Å². The Labute approximate surface area is 132 Å². The largest absolute Gasteiger partial charge is 0.345 e. The van der Waals surface area contributed by atoms with Gasteiger partial charge in [-0.3, -0.25) is 9.59 Å². The highest BCUT2D eigenvalue weighted by atomic mass is 32.2. The number of nitrogens with zero attached hydrogens (tertiary/aromatic N) is 3. The van der Waals surface area contributed by atoms with E-state index in [-0.39, 0.29) is 30.7 Å². The van der Waals surface area contributed by atoms with Gasteiger partial charge in [0.15, 0.2) is 0 Å². The minimum absolute atomic E-state index is 0.00676. The molecule has 2 aliphatic rings. The van der Waals surface area contributed by atoms with Gasteiger partial charge in [-0.15, -0.1) is 0 Å². The molecule has 8 heteroatoms. The lowest BCUT2D eigenvalue weighted by molar-refractivity contribution is -0.135. The lowest BCUT2D eigenvalue weighted by Crippen LogP contribution is -2.45. The molecule has 2 heterocycles. The highest BCUT2D eigenvalue weighted by Gasteiger charge is 2.47. The van der Waals surface area contributed by atoms with Gasteiger partial charge < -0.3 is 9.80 Å². The topological polar surface area (TPSA) is 78.0 Å². The molecule has 7 nitrogen and oxygen atoms in total. The molecule has 2 amide bonds. The minimum Gasteiger partial charge on any atom is -0.345 e. The monoisotopic (exact) mass is 331 g/mol. The molecule has 0 bridgehead atoms. The molecule has 0 aliphatic carbocycles. The fourth-order valence-electron chi connectivity index (χ4n) is 3.37. The highest BCUT2D eigenvalue weighted by Crippen LogP contribution is 2.35. The summed E-state index contributed by atoms with van der Waals surface area (Å²) in [5, 5.41) is 0. The van der Waals surface area contributed by atoms with Crippen LogP contribution in [0.2, 0.25) is 0 Å². The van der Waals surface area contributed by atoms with E-state index in [1.165, 1.54) is 10.6 Å². The molecule has 22 heavy (non-hydrogen) atoms. The number of rotatable bonds is 2. The summed E-state index contributed by atoms with van der Waals surface area (Å²) in [5.41, 5.74) is -0.504. The van der Waals surface area contributed by atoms with Crippen LogP contribution in [0.4, 0.5) is 0 Å². The summed E-state index contributed by atoms with van der Waals surface area (Å²) in [6, 6.07) is 0. The Morgan fingerprint density at radius 2 is 1.82 bits per heavy atom. The lowest BCUT2D eigenvalue weighted by atomic mass is 9.86. The van der Waals surface area contributed by atoms with Crippen LogP contribution < -0.4 is 0 Å². The smallest absolute Gasteiger partial charge is 0.225 e. The fourth-order valence-corrected chi connectivity index (χ4v) is 4.29. The molecule has 0 aromatic rings. The zero-order valence-electron chi connectivity index (χ0n) is 13.7. The molecule has 2 aliphatic heterocycles. The van der Waals surface area contributed by atoms with E-state index in [0.29, 0.717) is 26.2 Å². The van der Waals surface area contributed by atoms with E-state index in [1.54, 1.807) is 16.8 Å². The first-order valence-electron chi connectivity index (χ1n) is 7.52. The molecule has 1 spiro atoms. The second-order valence-electron chi connectivity index (χ2n) is 6.94. The molecule has 1 atom stereocenters. The van der Waals surface area contributed by atoms with Crippen LogP contribution in [-0.4, -0.2) is 80.4 Å². The number of hydrogen-bond donors (Lipinski definition) is 0. The maximum absolute atomic E-state index is 12.4. The van der Waals surface area contributed by atoms with Crippen molar-refractivity contribution in [1.82, 2.24) is 14.1 Å². The lowest BCUT2D eigenvalue weighted by Gasteiger charge is -2.33. The van der Waals surface area contributed by atoms with Gasteiger partial charge >= 0.3 is 0 Å². The van der Waals surface area contributed by atoms with Crippen molar-refractivity contribution in [1.29, 1.82) is 0 Å². The predicted molar refractivity (Wildman–Crippen MR) is 82.5 cm³/mol. The Morgan fingerprint density at radius 1 is 1.18 bits per heavy atom. The summed E-state index contributed by atoms with van der Waals surface area (Å²) in [6.45, 7) is 5.55. The van der Waals surface area contributed by atoms with Crippen molar-refractivity contribution in [3.05, 3.63) is 0 Å². The summed E-state index contributed by atoms with van der Waals surface area (Å²) < 4.78 is 25.4. The Morgan fingerprint density at radius 3 is 2.27 bits per heavy atom. The first kappa shape index (κ1) is 17.2. The summed E-state index contributed by atoms with van der Waals surface area (Å²) in [4.78, 5) is 27.7. The summed E-state index contributed by atoms with van der Waals surface area (Å²) in [6.07, 6.45) is 1.47. The van der Waals surface area contributed by atoms with Crippen LogP contribution >= 0.6 is 0 Å². The number of likely N-dealkylation sites (tertiary alicyclic amines) is 1. The number of amides is 2. The number of carbonyl (C=O) groups excluding carboxylic acids is 2. The van der Waals surface area contributed by atoms with Crippen molar-refractivity contribution in [2.75, 3.05) is 46.0 Å². The van der Waals surface area contributed by atoms with Gasteiger partial charge in [0.2, 0.25) is 21.8 Å². The van der Waals surface area contributed by atoms with Crippen molar-refractivity contribution >= 4 is 21.8 Å². The summed E-state index contributed by atoms with van der Waals surface area (Å²) >= 11 is 0. The number of hydrogen-bond acceptors (Lipinski definition) is 4. The van der Waals surface area contributed by atoms with Crippen LogP contribution in [0.25, 0.3) is 0 Å². The molecule has 0 aromatic carbocycles. The van der Waals surface area contributed by atoms with Crippen LogP contribution in [0, 0.1) is 11.3 Å². The average molecular weight is 331 g/mol. The van der Waals surface area contributed by atoms with Gasteiger partial charge in [-0.2, -0.15) is 4.31 Å². The third kappa shape index (κ3) is 3.43. The maximum atomic E-state index is 12.4. The Kier molecular flexibility index (Phi) is 4.54. The van der Waals surface area contributed by atoms with E-state index in [9.17, 15) is 18.0 Å². The van der Waals surface area contributed by atoms with Crippen molar-refractivity contribution in [2.45, 2.75) is 20.3 Å². The van der Waals surface area contributed by atoms with Gasteiger partial charge in [-0.05, 0) is 0 Å². The van der Waals surface area contributed by atoms with E-state index in [2.05, 4.69) is 0 Å². The van der Waals surface area contributed by atoms with E-state index in [4.69, 9.17) is 0 Å². The molecule has 0 saturated carbocycles. The SMILES string of the molecule is CC(C)C(=O)N1CCN(S(C)(=O)=O)C[C@]2(CC(=O)N(C)C2)C1. The van der Waals surface area contributed by atoms with Crippen LogP contribution in [0.1, 0.15) is 20.3 Å². The molecular formula is C14H25N3O4S. The van der Waals surface area contributed by atoms with E-state index >= 15 is 0 Å². The van der Waals surface area contributed by atoms with Crippen molar-refractivity contribution < 1.29 is 18.0 Å². The molecule has 2 saturated heterocycles. The molecular weight excluding hydrogens is 306 g/mol. The third-order valence-electron chi connectivity index (χ3n) is 4.46. The predicted octanol–water partition coefficient (Wildman–Crippen LogP) is -0.405. The Bertz CT molecular complexity index is 575. The van der Waals surface area contributed by atoms with Gasteiger partial charge in [-0.25, -0.2) is 8.42 Å². The van der Waals surface area contributed by atoms with E-state index in [1.807, 2.05) is 13.8 Å². The van der Waals surface area contributed by atoms with Crippen LogP contribution in [0.5, 0.6) is 0 Å². The van der Waals surface area contributed by atoms with Gasteiger partial charge in [0.05, 0.1) is 6.26 Å². The van der Waals surface area contributed by atoms with Gasteiger partial charge in [0.25, 0.3) is 0 Å². The molecule has 2 rings (SSSR count). The fraction of sp³-hybridized carbons (Fsp3) is 0.857. The van der Waals surface area contributed by atoms with E-state index in [0.717, 1.165) is 0 Å². The second kappa shape index (κ2) is 5.81.